The summed E-state index contributed by atoms with van der Waals surface area (Å²) in [5.74, 6) is 1.66. The number of carbonyl (C=O) groups is 2. The Morgan fingerprint density at radius 2 is 1.29 bits per heavy atom. The Morgan fingerprint density at radius 1 is 0.708 bits per heavy atom. The van der Waals surface area contributed by atoms with Gasteiger partial charge in [-0.2, -0.15) is 0 Å². The molecule has 7 nitrogen and oxygen atoms in total. The van der Waals surface area contributed by atoms with Crippen molar-refractivity contribution in [2.24, 2.45) is 10.8 Å². The number of rotatable bonds is 9. The first-order valence-electron chi connectivity index (χ1n) is 16.4. The first kappa shape index (κ1) is 33.7. The van der Waals surface area contributed by atoms with Crippen LogP contribution in [0.3, 0.4) is 0 Å². The fraction of sp³-hybridized carbons (Fsp3) is 0.400. The molecule has 252 valence electrons. The van der Waals surface area contributed by atoms with Crippen molar-refractivity contribution >= 4 is 23.2 Å². The Morgan fingerprint density at radius 3 is 1.88 bits per heavy atom. The third-order valence-electron chi connectivity index (χ3n) is 9.61. The number of halogens is 1. The monoisotopic (exact) mass is 669 g/mol. The van der Waals surface area contributed by atoms with Gasteiger partial charge < -0.3 is 23.8 Å². The second-order valence-electron chi connectivity index (χ2n) is 14.7. The zero-order valence-electron chi connectivity index (χ0n) is 28.9. The molecule has 0 fully saturated rings. The molecule has 3 aliphatic rings. The summed E-state index contributed by atoms with van der Waals surface area (Å²) in [6, 6.07) is 19.3. The van der Waals surface area contributed by atoms with Crippen molar-refractivity contribution in [2.45, 2.75) is 72.5 Å². The van der Waals surface area contributed by atoms with Gasteiger partial charge in [0.25, 0.3) is 0 Å². The number of benzene rings is 3. The first-order chi connectivity index (χ1) is 22.8. The van der Waals surface area contributed by atoms with Crippen molar-refractivity contribution in [1.82, 2.24) is 4.90 Å². The maximum atomic E-state index is 13.9. The molecular weight excluding hydrogens is 626 g/mol. The van der Waals surface area contributed by atoms with E-state index in [2.05, 4.69) is 32.6 Å². The van der Waals surface area contributed by atoms with Crippen LogP contribution in [0.4, 0.5) is 0 Å². The van der Waals surface area contributed by atoms with E-state index in [1.54, 1.807) is 14.2 Å². The standard InChI is InChI=1S/C40H44ClNO6/c1-39(2)18-28-36(30(43)20-39)35(37-29(42(28)5)19-40(3,4)21-31(37)44)26-16-27(41)38(34(17-26)46-7)48-23-25-13-14-32(33(15-25)45-6)47-22-24-11-9-8-10-12-24/h8-17,35H,18-23H2,1-7H3. The lowest BCUT2D eigenvalue weighted by molar-refractivity contribution is -0.119. The third kappa shape index (κ3) is 6.57. The molecule has 48 heavy (non-hydrogen) atoms. The second kappa shape index (κ2) is 13.0. The summed E-state index contributed by atoms with van der Waals surface area (Å²) >= 11 is 6.96. The number of nitrogens with zero attached hydrogens (tertiary/aromatic N) is 1. The van der Waals surface area contributed by atoms with Crippen molar-refractivity contribution in [3.8, 4) is 23.0 Å². The summed E-state index contributed by atoms with van der Waals surface area (Å²) in [7, 11) is 5.18. The number of ether oxygens (including phenoxy) is 4. The van der Waals surface area contributed by atoms with Gasteiger partial charge in [0.15, 0.2) is 34.6 Å². The Bertz CT molecular complexity index is 1770. The minimum Gasteiger partial charge on any atom is -0.493 e. The van der Waals surface area contributed by atoms with Crippen LogP contribution in [0.2, 0.25) is 5.02 Å². The zero-order valence-corrected chi connectivity index (χ0v) is 29.6. The lowest BCUT2D eigenvalue weighted by Gasteiger charge is -2.48. The maximum absolute atomic E-state index is 13.9. The quantitative estimate of drug-likeness (QED) is 0.225. The van der Waals surface area contributed by atoms with E-state index >= 15 is 0 Å². The molecule has 1 heterocycles. The van der Waals surface area contributed by atoms with Crippen LogP contribution >= 0.6 is 11.6 Å². The van der Waals surface area contributed by atoms with E-state index in [9.17, 15) is 9.59 Å². The molecule has 0 saturated carbocycles. The van der Waals surface area contributed by atoms with E-state index in [1.807, 2.05) is 67.7 Å². The Labute approximate surface area is 288 Å². The lowest BCUT2D eigenvalue weighted by Crippen LogP contribution is -2.43. The van der Waals surface area contributed by atoms with E-state index in [0.29, 0.717) is 58.6 Å². The van der Waals surface area contributed by atoms with Gasteiger partial charge in [0, 0.05) is 48.3 Å². The molecule has 8 heteroatoms. The van der Waals surface area contributed by atoms with Crippen LogP contribution in [-0.2, 0) is 22.8 Å². The van der Waals surface area contributed by atoms with Gasteiger partial charge in [-0.25, -0.2) is 0 Å². The van der Waals surface area contributed by atoms with E-state index < -0.39 is 5.92 Å². The van der Waals surface area contributed by atoms with Gasteiger partial charge in [0.2, 0.25) is 0 Å². The van der Waals surface area contributed by atoms with Gasteiger partial charge in [-0.15, -0.1) is 0 Å². The molecule has 0 spiro atoms. The highest BCUT2D eigenvalue weighted by atomic mass is 35.5. The number of ketones is 2. The third-order valence-corrected chi connectivity index (χ3v) is 9.89. The van der Waals surface area contributed by atoms with E-state index in [0.717, 1.165) is 40.9 Å². The SMILES string of the molecule is COc1cc(COc2c(Cl)cc(C3C4=C(CC(C)(C)CC4=O)N(C)C4=C3C(=O)CC(C)(C)C4)cc2OC)ccc1OCc1ccccc1. The summed E-state index contributed by atoms with van der Waals surface area (Å²) in [6.07, 6.45) is 2.34. The molecular formula is C40H44ClNO6. The van der Waals surface area contributed by atoms with E-state index in [-0.39, 0.29) is 29.0 Å². The van der Waals surface area contributed by atoms with Crippen LogP contribution in [-0.4, -0.2) is 37.7 Å². The molecule has 1 aliphatic heterocycles. The molecule has 3 aromatic rings. The van der Waals surface area contributed by atoms with Gasteiger partial charge >= 0.3 is 0 Å². The largest absolute Gasteiger partial charge is 0.493 e. The van der Waals surface area contributed by atoms with Gasteiger partial charge in [0.1, 0.15) is 13.2 Å². The van der Waals surface area contributed by atoms with Crippen LogP contribution in [0.25, 0.3) is 0 Å². The fourth-order valence-corrected chi connectivity index (χ4v) is 7.63. The molecule has 0 atom stereocenters. The summed E-state index contributed by atoms with van der Waals surface area (Å²) in [4.78, 5) is 29.9. The normalized spacial score (nSPS) is 18.8. The summed E-state index contributed by atoms with van der Waals surface area (Å²) in [6.45, 7) is 9.14. The number of Topliss-reactive ketones (excluding diaryl/α,β-unsaturated/α-hetero) is 2. The van der Waals surface area contributed by atoms with Gasteiger partial charge in [-0.05, 0) is 64.6 Å². The van der Waals surface area contributed by atoms with E-state index in [4.69, 9.17) is 30.5 Å². The number of carbonyl (C=O) groups excluding carboxylic acids is 2. The Hall–Kier alpha value is -4.23. The minimum atomic E-state index is -0.522. The average molecular weight is 670 g/mol. The molecule has 0 saturated heterocycles. The molecule has 2 aliphatic carbocycles. The van der Waals surface area contributed by atoms with Crippen molar-refractivity contribution < 1.29 is 28.5 Å². The molecule has 3 aromatic carbocycles. The van der Waals surface area contributed by atoms with E-state index in [1.165, 1.54) is 0 Å². The second-order valence-corrected chi connectivity index (χ2v) is 15.1. The van der Waals surface area contributed by atoms with Crippen molar-refractivity contribution in [3.05, 3.63) is 105 Å². The first-order valence-corrected chi connectivity index (χ1v) is 16.8. The lowest BCUT2D eigenvalue weighted by atomic mass is 9.63. The number of allylic oxidation sites excluding steroid dienone is 4. The van der Waals surface area contributed by atoms with Crippen molar-refractivity contribution in [2.75, 3.05) is 21.3 Å². The molecule has 6 rings (SSSR count). The Kier molecular flexibility index (Phi) is 9.12. The zero-order chi connectivity index (χ0) is 34.4. The van der Waals surface area contributed by atoms with Crippen LogP contribution in [0.5, 0.6) is 23.0 Å². The summed E-state index contributed by atoms with van der Waals surface area (Å²) in [5.41, 5.74) is 5.68. The van der Waals surface area contributed by atoms with Gasteiger partial charge in [-0.3, -0.25) is 9.59 Å². The van der Waals surface area contributed by atoms with Crippen molar-refractivity contribution in [1.29, 1.82) is 0 Å². The number of hydrogen-bond acceptors (Lipinski definition) is 7. The summed E-state index contributed by atoms with van der Waals surface area (Å²) < 4.78 is 23.7. The highest BCUT2D eigenvalue weighted by molar-refractivity contribution is 6.32. The topological polar surface area (TPSA) is 74.3 Å². The molecule has 0 unspecified atom stereocenters. The molecule has 0 radical (unpaired) electrons. The van der Waals surface area contributed by atoms with Crippen LogP contribution in [0, 0.1) is 10.8 Å². The highest BCUT2D eigenvalue weighted by Gasteiger charge is 2.48. The molecule has 0 amide bonds. The van der Waals surface area contributed by atoms with Crippen LogP contribution in [0.15, 0.2) is 83.2 Å². The fourth-order valence-electron chi connectivity index (χ4n) is 7.36. The highest BCUT2D eigenvalue weighted by Crippen LogP contribution is 2.55. The predicted molar refractivity (Wildman–Crippen MR) is 187 cm³/mol. The number of methoxy groups -OCH3 is 2. The van der Waals surface area contributed by atoms with Gasteiger partial charge in [-0.1, -0.05) is 75.7 Å². The van der Waals surface area contributed by atoms with Gasteiger partial charge in [0.05, 0.1) is 19.2 Å². The molecule has 0 bridgehead atoms. The Balaban J connectivity index is 1.31. The molecule has 0 N–H and O–H groups in total. The smallest absolute Gasteiger partial charge is 0.180 e. The summed E-state index contributed by atoms with van der Waals surface area (Å²) in [5, 5.41) is 0.342. The van der Waals surface area contributed by atoms with Crippen LogP contribution in [0.1, 0.15) is 76.0 Å². The number of hydrogen-bond donors (Lipinski definition) is 0. The predicted octanol–water partition coefficient (Wildman–Crippen LogP) is 8.83. The van der Waals surface area contributed by atoms with Crippen molar-refractivity contribution in [3.63, 3.8) is 0 Å². The molecule has 0 aromatic heterocycles. The average Bonchev–Trinajstić information content (AvgIpc) is 3.03. The maximum Gasteiger partial charge on any atom is 0.180 e. The minimum absolute atomic E-state index is 0.0721. The van der Waals surface area contributed by atoms with Crippen LogP contribution < -0.4 is 18.9 Å².